The van der Waals surface area contributed by atoms with Crippen molar-refractivity contribution in [3.05, 3.63) is 129 Å². The molecule has 0 spiro atoms. The fraction of sp³-hybridized carbons (Fsp3) is 0.0645. The predicted octanol–water partition coefficient (Wildman–Crippen LogP) is 7.39. The Bertz CT molecular complexity index is 1570. The lowest BCUT2D eigenvalue weighted by Gasteiger charge is -2.13. The molecular formula is C31H24Cl2N2O4S. The van der Waals surface area contributed by atoms with Crippen molar-refractivity contribution in [2.75, 3.05) is 18.2 Å². The van der Waals surface area contributed by atoms with Crippen molar-refractivity contribution in [2.45, 2.75) is 4.90 Å². The Kier molecular flexibility index (Phi) is 10.0. The predicted molar refractivity (Wildman–Crippen MR) is 161 cm³/mol. The number of rotatable bonds is 10. The number of hydrogen-bond donors (Lipinski definition) is 2. The maximum absolute atomic E-state index is 13.4. The average Bonchev–Trinajstić information content (AvgIpc) is 2.97. The van der Waals surface area contributed by atoms with Crippen LogP contribution in [-0.2, 0) is 4.79 Å². The molecule has 0 bridgehead atoms. The van der Waals surface area contributed by atoms with Gasteiger partial charge in [0, 0.05) is 26.2 Å². The van der Waals surface area contributed by atoms with Crippen LogP contribution in [0.3, 0.4) is 0 Å². The van der Waals surface area contributed by atoms with Gasteiger partial charge >= 0.3 is 0 Å². The van der Waals surface area contributed by atoms with Crippen LogP contribution in [0.25, 0.3) is 6.08 Å². The zero-order valence-corrected chi connectivity index (χ0v) is 23.6. The molecule has 0 fully saturated rings. The molecule has 9 heteroatoms. The molecule has 0 aliphatic rings. The second-order valence-corrected chi connectivity index (χ2v) is 10.3. The molecular weight excluding hydrogens is 567 g/mol. The van der Waals surface area contributed by atoms with Crippen molar-refractivity contribution in [3.8, 4) is 5.75 Å². The summed E-state index contributed by atoms with van der Waals surface area (Å²) in [5, 5.41) is 6.27. The Labute approximate surface area is 246 Å². The van der Waals surface area contributed by atoms with E-state index in [0.717, 1.165) is 4.90 Å². The first-order chi connectivity index (χ1) is 19.3. The molecule has 0 aliphatic heterocycles. The minimum absolute atomic E-state index is 0.0116. The third-order valence-electron chi connectivity index (χ3n) is 5.66. The van der Waals surface area contributed by atoms with Gasteiger partial charge in [-0.15, -0.1) is 11.8 Å². The molecule has 0 aliphatic carbocycles. The summed E-state index contributed by atoms with van der Waals surface area (Å²) in [5.41, 5.74) is 1.88. The van der Waals surface area contributed by atoms with Crippen LogP contribution in [0.15, 0.2) is 108 Å². The first-order valence-electron chi connectivity index (χ1n) is 12.1. The molecule has 0 unspecified atom stereocenters. The molecule has 6 nitrogen and oxygen atoms in total. The summed E-state index contributed by atoms with van der Waals surface area (Å²) >= 11 is 13.7. The van der Waals surface area contributed by atoms with E-state index in [-0.39, 0.29) is 17.2 Å². The van der Waals surface area contributed by atoms with Crippen LogP contribution in [0.4, 0.5) is 5.69 Å². The number of ether oxygens (including phenoxy) is 1. The average molecular weight is 592 g/mol. The molecule has 202 valence electrons. The molecule has 0 radical (unpaired) electrons. The standard InChI is InChI=1S/C31H24Cl2N2O4S/c1-39-29-13-6-5-12-25(29)28(36)19-40-24-11-7-10-23(18-24)34-31(38)27(16-21-14-15-22(32)17-26(21)33)35-30(37)20-8-3-2-4-9-20/h2-18H,19H2,1H3,(H,34,38)(H,35,37)/b27-16-. The normalized spacial score (nSPS) is 11.0. The Morgan fingerprint density at radius 1 is 0.875 bits per heavy atom. The monoisotopic (exact) mass is 590 g/mol. The number of amides is 2. The van der Waals surface area contributed by atoms with E-state index in [9.17, 15) is 14.4 Å². The van der Waals surface area contributed by atoms with Gasteiger partial charge in [-0.1, -0.05) is 65.7 Å². The molecule has 0 saturated carbocycles. The van der Waals surface area contributed by atoms with Gasteiger partial charge in [-0.3, -0.25) is 14.4 Å². The number of carbonyl (C=O) groups is 3. The third-order valence-corrected chi connectivity index (χ3v) is 7.22. The van der Waals surface area contributed by atoms with E-state index in [0.29, 0.717) is 38.2 Å². The number of nitrogens with one attached hydrogen (secondary N) is 2. The third kappa shape index (κ3) is 7.76. The van der Waals surface area contributed by atoms with Gasteiger partial charge in [-0.2, -0.15) is 0 Å². The molecule has 0 atom stereocenters. The Morgan fingerprint density at radius 3 is 2.38 bits per heavy atom. The van der Waals surface area contributed by atoms with Crippen molar-refractivity contribution in [3.63, 3.8) is 0 Å². The molecule has 0 saturated heterocycles. The molecule has 0 heterocycles. The minimum atomic E-state index is -0.553. The van der Waals surface area contributed by atoms with E-state index in [1.807, 2.05) is 6.07 Å². The molecule has 4 rings (SSSR count). The molecule has 0 aromatic heterocycles. The van der Waals surface area contributed by atoms with E-state index in [1.165, 1.54) is 24.9 Å². The topological polar surface area (TPSA) is 84.5 Å². The zero-order chi connectivity index (χ0) is 28.5. The SMILES string of the molecule is COc1ccccc1C(=O)CSc1cccc(NC(=O)/C(=C/c2ccc(Cl)cc2Cl)NC(=O)c2ccccc2)c1. The quantitative estimate of drug-likeness (QED) is 0.114. The van der Waals surface area contributed by atoms with Gasteiger partial charge < -0.3 is 15.4 Å². The van der Waals surface area contributed by atoms with Gasteiger partial charge in [-0.05, 0) is 66.2 Å². The van der Waals surface area contributed by atoms with E-state index in [2.05, 4.69) is 10.6 Å². The fourth-order valence-corrected chi connectivity index (χ4v) is 4.98. The summed E-state index contributed by atoms with van der Waals surface area (Å²) in [6, 6.07) is 27.5. The van der Waals surface area contributed by atoms with Crippen molar-refractivity contribution in [2.24, 2.45) is 0 Å². The summed E-state index contributed by atoms with van der Waals surface area (Å²) in [6.07, 6.45) is 1.49. The summed E-state index contributed by atoms with van der Waals surface area (Å²) in [4.78, 5) is 39.8. The van der Waals surface area contributed by atoms with Crippen LogP contribution in [0.1, 0.15) is 26.3 Å². The summed E-state index contributed by atoms with van der Waals surface area (Å²) in [5.74, 6) is -0.378. The molecule has 2 amide bonds. The van der Waals surface area contributed by atoms with Crippen molar-refractivity contribution >= 4 is 64.3 Å². The number of ketones is 1. The van der Waals surface area contributed by atoms with Gasteiger partial charge in [0.2, 0.25) is 0 Å². The van der Waals surface area contributed by atoms with Crippen LogP contribution < -0.4 is 15.4 Å². The highest BCUT2D eigenvalue weighted by Crippen LogP contribution is 2.26. The number of hydrogen-bond acceptors (Lipinski definition) is 5. The number of anilines is 1. The number of carbonyl (C=O) groups excluding carboxylic acids is 3. The Morgan fingerprint density at radius 2 is 1.62 bits per heavy atom. The number of thioether (sulfide) groups is 1. The maximum atomic E-state index is 13.4. The second-order valence-electron chi connectivity index (χ2n) is 8.44. The van der Waals surface area contributed by atoms with Gasteiger partial charge in [-0.25, -0.2) is 0 Å². The van der Waals surface area contributed by atoms with Crippen molar-refractivity contribution < 1.29 is 19.1 Å². The zero-order valence-electron chi connectivity index (χ0n) is 21.3. The van der Waals surface area contributed by atoms with Gasteiger partial charge in [0.05, 0.1) is 18.4 Å². The van der Waals surface area contributed by atoms with Gasteiger partial charge in [0.1, 0.15) is 11.4 Å². The molecule has 4 aromatic carbocycles. The van der Waals surface area contributed by atoms with Gasteiger partial charge in [0.15, 0.2) is 5.78 Å². The number of para-hydroxylation sites is 1. The van der Waals surface area contributed by atoms with E-state index in [1.54, 1.807) is 91.0 Å². The largest absolute Gasteiger partial charge is 0.496 e. The number of methoxy groups -OCH3 is 1. The summed E-state index contributed by atoms with van der Waals surface area (Å²) < 4.78 is 5.29. The highest BCUT2D eigenvalue weighted by molar-refractivity contribution is 8.00. The highest BCUT2D eigenvalue weighted by Gasteiger charge is 2.17. The van der Waals surface area contributed by atoms with Crippen molar-refractivity contribution in [1.82, 2.24) is 5.32 Å². The van der Waals surface area contributed by atoms with Crippen LogP contribution >= 0.6 is 35.0 Å². The van der Waals surface area contributed by atoms with E-state index >= 15 is 0 Å². The summed E-state index contributed by atoms with van der Waals surface area (Å²) in [6.45, 7) is 0. The first-order valence-corrected chi connectivity index (χ1v) is 13.8. The minimum Gasteiger partial charge on any atom is -0.496 e. The lowest BCUT2D eigenvalue weighted by molar-refractivity contribution is -0.113. The second kappa shape index (κ2) is 13.8. The van der Waals surface area contributed by atoms with Crippen LogP contribution in [-0.4, -0.2) is 30.5 Å². The number of Topliss-reactive ketones (excluding diaryl/α,β-unsaturated/α-hetero) is 1. The van der Waals surface area contributed by atoms with E-state index in [4.69, 9.17) is 27.9 Å². The van der Waals surface area contributed by atoms with Crippen LogP contribution in [0.5, 0.6) is 5.75 Å². The highest BCUT2D eigenvalue weighted by atomic mass is 35.5. The molecule has 2 N–H and O–H groups in total. The van der Waals surface area contributed by atoms with Gasteiger partial charge in [0.25, 0.3) is 11.8 Å². The Hall–Kier alpha value is -4.04. The number of benzene rings is 4. The van der Waals surface area contributed by atoms with Crippen molar-refractivity contribution in [1.29, 1.82) is 0 Å². The number of halogens is 2. The Balaban J connectivity index is 1.52. The lowest BCUT2D eigenvalue weighted by Crippen LogP contribution is -2.30. The fourth-order valence-electron chi connectivity index (χ4n) is 3.68. The van der Waals surface area contributed by atoms with Crippen LogP contribution in [0, 0.1) is 0 Å². The molecule has 4 aromatic rings. The smallest absolute Gasteiger partial charge is 0.272 e. The first kappa shape index (κ1) is 29.0. The van der Waals surface area contributed by atoms with Crippen LogP contribution in [0.2, 0.25) is 10.0 Å². The molecule has 40 heavy (non-hydrogen) atoms. The summed E-state index contributed by atoms with van der Waals surface area (Å²) in [7, 11) is 1.53. The van der Waals surface area contributed by atoms with E-state index < -0.39 is 11.8 Å². The lowest BCUT2D eigenvalue weighted by atomic mass is 10.1. The maximum Gasteiger partial charge on any atom is 0.272 e.